The second-order valence-electron chi connectivity index (χ2n) is 7.21. The van der Waals surface area contributed by atoms with Gasteiger partial charge in [-0.15, -0.1) is 0 Å². The molecule has 1 amide bonds. The normalized spacial score (nSPS) is 25.1. The summed E-state index contributed by atoms with van der Waals surface area (Å²) in [5, 5.41) is 0.721. The summed E-state index contributed by atoms with van der Waals surface area (Å²) in [6.07, 6.45) is 5.88. The number of carbonyl (C=O) groups is 1. The van der Waals surface area contributed by atoms with Crippen molar-refractivity contribution in [2.75, 3.05) is 31.1 Å². The Kier molecular flexibility index (Phi) is 3.66. The average molecular weight is 319 g/mol. The molecule has 3 fully saturated rings. The molecule has 3 nitrogen and oxygen atoms in total. The van der Waals surface area contributed by atoms with Crippen LogP contribution in [0.5, 0.6) is 0 Å². The number of piperidine rings is 1. The van der Waals surface area contributed by atoms with Gasteiger partial charge < -0.3 is 9.80 Å². The van der Waals surface area contributed by atoms with Gasteiger partial charge in [-0.1, -0.05) is 11.6 Å². The monoisotopic (exact) mass is 318 g/mol. The summed E-state index contributed by atoms with van der Waals surface area (Å²) >= 11 is 5.95. The highest BCUT2D eigenvalue weighted by molar-refractivity contribution is 6.30. The first-order chi connectivity index (χ1) is 10.7. The Labute approximate surface area is 137 Å². The van der Waals surface area contributed by atoms with Crippen LogP contribution in [-0.2, 0) is 4.79 Å². The Hall–Kier alpha value is -1.06. The number of likely N-dealkylation sites (tertiary alicyclic amines) is 1. The maximum atomic E-state index is 13.0. The number of hydrogen-bond acceptors (Lipinski definition) is 2. The maximum Gasteiger partial charge on any atom is 0.233 e. The van der Waals surface area contributed by atoms with Crippen molar-refractivity contribution < 1.29 is 4.79 Å². The lowest BCUT2D eigenvalue weighted by Crippen LogP contribution is -2.45. The van der Waals surface area contributed by atoms with Crippen LogP contribution in [0.3, 0.4) is 0 Å². The second-order valence-corrected chi connectivity index (χ2v) is 7.64. The topological polar surface area (TPSA) is 23.6 Å². The lowest BCUT2D eigenvalue weighted by Gasteiger charge is -2.38. The minimum Gasteiger partial charge on any atom is -0.312 e. The molecule has 1 spiro atoms. The number of carbonyl (C=O) groups excluding carboxylic acids is 1. The van der Waals surface area contributed by atoms with E-state index in [1.54, 1.807) is 0 Å². The molecule has 3 aliphatic rings. The van der Waals surface area contributed by atoms with Crippen LogP contribution in [0.1, 0.15) is 32.1 Å². The summed E-state index contributed by atoms with van der Waals surface area (Å²) in [5.41, 5.74) is 0.895. The summed E-state index contributed by atoms with van der Waals surface area (Å²) in [4.78, 5) is 17.5. The number of nitrogens with zero attached hydrogens (tertiary/aromatic N) is 2. The van der Waals surface area contributed by atoms with E-state index in [4.69, 9.17) is 11.6 Å². The Bertz CT molecular complexity index is 559. The van der Waals surface area contributed by atoms with Crippen LogP contribution in [0.15, 0.2) is 24.3 Å². The number of amides is 1. The number of benzene rings is 1. The Morgan fingerprint density at radius 1 is 1.05 bits per heavy atom. The quantitative estimate of drug-likeness (QED) is 0.850. The highest BCUT2D eigenvalue weighted by atomic mass is 35.5. The van der Waals surface area contributed by atoms with Crippen molar-refractivity contribution in [2.24, 2.45) is 11.3 Å². The Morgan fingerprint density at radius 2 is 1.68 bits per heavy atom. The predicted octanol–water partition coefficient (Wildman–Crippen LogP) is 3.57. The zero-order valence-corrected chi connectivity index (χ0v) is 13.7. The number of halogens is 1. The molecule has 0 bridgehead atoms. The van der Waals surface area contributed by atoms with Gasteiger partial charge in [0.15, 0.2) is 0 Å². The van der Waals surface area contributed by atoms with E-state index >= 15 is 0 Å². The molecule has 2 saturated heterocycles. The van der Waals surface area contributed by atoms with E-state index < -0.39 is 0 Å². The first kappa shape index (κ1) is 14.5. The molecule has 0 unspecified atom stereocenters. The third-order valence-corrected chi connectivity index (χ3v) is 5.93. The zero-order valence-electron chi connectivity index (χ0n) is 12.9. The molecule has 22 heavy (non-hydrogen) atoms. The van der Waals surface area contributed by atoms with E-state index in [2.05, 4.69) is 4.90 Å². The van der Waals surface area contributed by atoms with Gasteiger partial charge in [0.2, 0.25) is 5.91 Å². The third kappa shape index (κ3) is 2.65. The van der Waals surface area contributed by atoms with Crippen LogP contribution in [-0.4, -0.2) is 37.0 Å². The SMILES string of the molecule is O=C1N(c2ccc(Cl)cc2)CCC12CCN(CC1CC1)CC2. The molecule has 1 aromatic rings. The Balaban J connectivity index is 1.43. The van der Waals surface area contributed by atoms with Gasteiger partial charge in [0.05, 0.1) is 5.41 Å². The molecule has 0 N–H and O–H groups in total. The molecule has 2 aliphatic heterocycles. The van der Waals surface area contributed by atoms with E-state index in [1.807, 2.05) is 29.2 Å². The van der Waals surface area contributed by atoms with Crippen molar-refractivity contribution in [3.8, 4) is 0 Å². The zero-order chi connectivity index (χ0) is 15.2. The minimum atomic E-state index is -0.0975. The van der Waals surface area contributed by atoms with Gasteiger partial charge in [0, 0.05) is 23.8 Å². The van der Waals surface area contributed by atoms with E-state index in [0.29, 0.717) is 5.91 Å². The average Bonchev–Trinajstić information content (AvgIpc) is 3.29. The molecule has 0 atom stereocenters. The van der Waals surface area contributed by atoms with Crippen LogP contribution < -0.4 is 4.90 Å². The number of rotatable bonds is 3. The lowest BCUT2D eigenvalue weighted by molar-refractivity contribution is -0.128. The van der Waals surface area contributed by atoms with Gasteiger partial charge in [-0.05, 0) is 75.4 Å². The fourth-order valence-electron chi connectivity index (χ4n) is 3.98. The van der Waals surface area contributed by atoms with Gasteiger partial charge in [0.1, 0.15) is 0 Å². The highest BCUT2D eigenvalue weighted by Crippen LogP contribution is 2.43. The van der Waals surface area contributed by atoms with Crippen LogP contribution in [0.2, 0.25) is 5.02 Å². The molecule has 4 heteroatoms. The van der Waals surface area contributed by atoms with Crippen molar-refractivity contribution in [3.05, 3.63) is 29.3 Å². The molecule has 2 heterocycles. The molecule has 4 rings (SSSR count). The molecule has 118 valence electrons. The Morgan fingerprint density at radius 3 is 2.32 bits per heavy atom. The summed E-state index contributed by atoms with van der Waals surface area (Å²) in [6, 6.07) is 7.66. The maximum absolute atomic E-state index is 13.0. The fourth-order valence-corrected chi connectivity index (χ4v) is 4.11. The summed E-state index contributed by atoms with van der Waals surface area (Å²) < 4.78 is 0. The standard InChI is InChI=1S/C18H23ClN2O/c19-15-3-5-16(6-4-15)21-12-9-18(17(21)22)7-10-20(11-8-18)13-14-1-2-14/h3-6,14H,1-2,7-13H2. The molecule has 1 saturated carbocycles. The van der Waals surface area contributed by atoms with E-state index in [9.17, 15) is 4.79 Å². The largest absolute Gasteiger partial charge is 0.312 e. The van der Waals surface area contributed by atoms with Gasteiger partial charge in [-0.25, -0.2) is 0 Å². The van der Waals surface area contributed by atoms with Crippen molar-refractivity contribution in [3.63, 3.8) is 0 Å². The van der Waals surface area contributed by atoms with Crippen molar-refractivity contribution in [1.29, 1.82) is 0 Å². The summed E-state index contributed by atoms with van der Waals surface area (Å²) in [5.74, 6) is 1.28. The highest BCUT2D eigenvalue weighted by Gasteiger charge is 2.48. The van der Waals surface area contributed by atoms with Crippen molar-refractivity contribution in [1.82, 2.24) is 4.90 Å². The minimum absolute atomic E-state index is 0.0975. The van der Waals surface area contributed by atoms with Gasteiger partial charge in [0.25, 0.3) is 0 Å². The molecule has 1 aliphatic carbocycles. The first-order valence-electron chi connectivity index (χ1n) is 8.46. The van der Waals surface area contributed by atoms with Gasteiger partial charge in [-0.3, -0.25) is 4.79 Å². The van der Waals surface area contributed by atoms with E-state index in [0.717, 1.165) is 55.5 Å². The third-order valence-electron chi connectivity index (χ3n) is 5.68. The van der Waals surface area contributed by atoms with E-state index in [1.165, 1.54) is 19.4 Å². The number of anilines is 1. The van der Waals surface area contributed by atoms with Gasteiger partial charge in [-0.2, -0.15) is 0 Å². The van der Waals surface area contributed by atoms with Crippen molar-refractivity contribution in [2.45, 2.75) is 32.1 Å². The molecule has 0 aromatic heterocycles. The van der Waals surface area contributed by atoms with Crippen molar-refractivity contribution >= 4 is 23.2 Å². The van der Waals surface area contributed by atoms with Crippen LogP contribution in [0.25, 0.3) is 0 Å². The van der Waals surface area contributed by atoms with Crippen LogP contribution in [0.4, 0.5) is 5.69 Å². The van der Waals surface area contributed by atoms with Crippen LogP contribution >= 0.6 is 11.6 Å². The molecular weight excluding hydrogens is 296 g/mol. The number of hydrogen-bond donors (Lipinski definition) is 0. The second kappa shape index (κ2) is 5.54. The van der Waals surface area contributed by atoms with Gasteiger partial charge >= 0.3 is 0 Å². The molecule has 0 radical (unpaired) electrons. The fraction of sp³-hybridized carbons (Fsp3) is 0.611. The van der Waals surface area contributed by atoms with Crippen LogP contribution in [0, 0.1) is 11.3 Å². The predicted molar refractivity (Wildman–Crippen MR) is 89.3 cm³/mol. The first-order valence-corrected chi connectivity index (χ1v) is 8.84. The molecular formula is C18H23ClN2O. The summed E-state index contributed by atoms with van der Waals surface area (Å²) in [6.45, 7) is 4.29. The lowest BCUT2D eigenvalue weighted by atomic mass is 9.77. The smallest absolute Gasteiger partial charge is 0.233 e. The van der Waals surface area contributed by atoms with E-state index in [-0.39, 0.29) is 5.41 Å². The molecule has 1 aromatic carbocycles. The summed E-state index contributed by atoms with van der Waals surface area (Å²) in [7, 11) is 0.